The lowest BCUT2D eigenvalue weighted by atomic mass is 9.97. The zero-order valence-corrected chi connectivity index (χ0v) is 13.3. The molecule has 1 aromatic rings. The van der Waals surface area contributed by atoms with Crippen LogP contribution in [-0.2, 0) is 6.54 Å². The van der Waals surface area contributed by atoms with Crippen LogP contribution in [0.1, 0.15) is 25.3 Å². The van der Waals surface area contributed by atoms with E-state index >= 15 is 0 Å². The lowest BCUT2D eigenvalue weighted by molar-refractivity contribution is 0.190. The smallest absolute Gasteiger partial charge is 0.138 e. The Morgan fingerprint density at radius 2 is 2.00 bits per heavy atom. The quantitative estimate of drug-likeness (QED) is 0.872. The predicted molar refractivity (Wildman–Crippen MR) is 84.7 cm³/mol. The minimum absolute atomic E-state index is 0.129. The Kier molecular flexibility index (Phi) is 5.97. The minimum Gasteiger partial charge on any atom is -0.506 e. The van der Waals surface area contributed by atoms with Gasteiger partial charge in [-0.2, -0.15) is 0 Å². The highest BCUT2D eigenvalue weighted by molar-refractivity contribution is 6.35. The number of piperidine rings is 1. The second-order valence-corrected chi connectivity index (χ2v) is 6.25. The van der Waals surface area contributed by atoms with Gasteiger partial charge in [0.15, 0.2) is 0 Å². The molecule has 20 heavy (non-hydrogen) atoms. The van der Waals surface area contributed by atoms with Gasteiger partial charge in [0.1, 0.15) is 5.75 Å². The van der Waals surface area contributed by atoms with Gasteiger partial charge >= 0.3 is 0 Å². The molecule has 112 valence electrons. The second-order valence-electron chi connectivity index (χ2n) is 5.40. The van der Waals surface area contributed by atoms with Crippen molar-refractivity contribution in [2.75, 3.05) is 26.2 Å². The summed E-state index contributed by atoms with van der Waals surface area (Å²) in [5.74, 6) is 0.846. The Morgan fingerprint density at radius 3 is 2.65 bits per heavy atom. The van der Waals surface area contributed by atoms with E-state index in [0.29, 0.717) is 16.6 Å². The molecule has 0 unspecified atom stereocenters. The van der Waals surface area contributed by atoms with E-state index in [1.54, 1.807) is 12.1 Å². The maximum absolute atomic E-state index is 9.89. The minimum atomic E-state index is 0.129. The zero-order valence-electron chi connectivity index (χ0n) is 11.8. The van der Waals surface area contributed by atoms with Crippen molar-refractivity contribution in [2.24, 2.45) is 5.92 Å². The second kappa shape index (κ2) is 7.51. The van der Waals surface area contributed by atoms with Crippen LogP contribution in [0, 0.1) is 5.92 Å². The van der Waals surface area contributed by atoms with E-state index in [1.165, 1.54) is 25.9 Å². The highest BCUT2D eigenvalue weighted by Gasteiger charge is 2.17. The Balaban J connectivity index is 1.79. The molecule has 0 spiro atoms. The van der Waals surface area contributed by atoms with Crippen LogP contribution in [0.3, 0.4) is 0 Å². The molecule has 0 saturated carbocycles. The molecule has 1 aliphatic heterocycles. The average molecular weight is 317 g/mol. The lowest BCUT2D eigenvalue weighted by Gasteiger charge is -2.31. The lowest BCUT2D eigenvalue weighted by Crippen LogP contribution is -2.36. The van der Waals surface area contributed by atoms with Crippen molar-refractivity contribution in [3.63, 3.8) is 0 Å². The van der Waals surface area contributed by atoms with Crippen molar-refractivity contribution in [1.82, 2.24) is 10.2 Å². The first-order valence-electron chi connectivity index (χ1n) is 7.20. The summed E-state index contributed by atoms with van der Waals surface area (Å²) in [6, 6.07) is 3.32. The van der Waals surface area contributed by atoms with Gasteiger partial charge < -0.3 is 15.3 Å². The number of hydrogen-bond acceptors (Lipinski definition) is 3. The molecule has 0 aromatic heterocycles. The predicted octanol–water partition coefficient (Wildman–Crippen LogP) is 3.52. The first-order valence-corrected chi connectivity index (χ1v) is 7.95. The van der Waals surface area contributed by atoms with E-state index in [4.69, 9.17) is 23.2 Å². The third kappa shape index (κ3) is 4.26. The number of halogens is 2. The van der Waals surface area contributed by atoms with Gasteiger partial charge in [-0.1, -0.05) is 30.1 Å². The molecule has 0 bridgehead atoms. The molecule has 5 heteroatoms. The SMILES string of the molecule is CCN1CCC(CNCc2cc(Cl)cc(Cl)c2O)CC1. The summed E-state index contributed by atoms with van der Waals surface area (Å²) in [7, 11) is 0. The van der Waals surface area contributed by atoms with Gasteiger partial charge in [0.05, 0.1) is 5.02 Å². The van der Waals surface area contributed by atoms with E-state index < -0.39 is 0 Å². The van der Waals surface area contributed by atoms with Gasteiger partial charge in [0.2, 0.25) is 0 Å². The third-order valence-corrected chi connectivity index (χ3v) is 4.52. The Morgan fingerprint density at radius 1 is 1.30 bits per heavy atom. The van der Waals surface area contributed by atoms with E-state index in [0.717, 1.165) is 24.6 Å². The summed E-state index contributed by atoms with van der Waals surface area (Å²) in [6.45, 7) is 7.31. The molecule has 1 aromatic carbocycles. The van der Waals surface area contributed by atoms with Crippen LogP contribution in [0.2, 0.25) is 10.0 Å². The molecular formula is C15H22Cl2N2O. The monoisotopic (exact) mass is 316 g/mol. The van der Waals surface area contributed by atoms with Crippen molar-refractivity contribution in [3.8, 4) is 5.75 Å². The van der Waals surface area contributed by atoms with E-state index in [9.17, 15) is 5.11 Å². The highest BCUT2D eigenvalue weighted by atomic mass is 35.5. The number of hydrogen-bond donors (Lipinski definition) is 2. The molecule has 0 aliphatic carbocycles. The topological polar surface area (TPSA) is 35.5 Å². The van der Waals surface area contributed by atoms with Crippen LogP contribution in [0.4, 0.5) is 0 Å². The van der Waals surface area contributed by atoms with Gasteiger partial charge in [-0.05, 0) is 57.1 Å². The summed E-state index contributed by atoms with van der Waals surface area (Å²) < 4.78 is 0. The van der Waals surface area contributed by atoms with Crippen molar-refractivity contribution in [1.29, 1.82) is 0 Å². The summed E-state index contributed by atoms with van der Waals surface area (Å²) in [4.78, 5) is 2.49. The Hall–Kier alpha value is -0.480. The number of rotatable bonds is 5. The van der Waals surface area contributed by atoms with Crippen molar-refractivity contribution >= 4 is 23.2 Å². The number of nitrogens with one attached hydrogen (secondary N) is 1. The fraction of sp³-hybridized carbons (Fsp3) is 0.600. The molecule has 0 atom stereocenters. The molecule has 3 nitrogen and oxygen atoms in total. The highest BCUT2D eigenvalue weighted by Crippen LogP contribution is 2.31. The number of benzene rings is 1. The van der Waals surface area contributed by atoms with Crippen molar-refractivity contribution in [2.45, 2.75) is 26.3 Å². The molecule has 2 N–H and O–H groups in total. The van der Waals surface area contributed by atoms with Crippen molar-refractivity contribution < 1.29 is 5.11 Å². The van der Waals surface area contributed by atoms with Crippen LogP contribution in [0.5, 0.6) is 5.75 Å². The third-order valence-electron chi connectivity index (χ3n) is 4.01. The Bertz CT molecular complexity index is 446. The standard InChI is InChI=1S/C15H22Cl2N2O/c1-2-19-5-3-11(4-6-19)9-18-10-12-7-13(16)8-14(17)15(12)20/h7-8,11,18,20H,2-6,9-10H2,1H3. The van der Waals surface area contributed by atoms with Gasteiger partial charge in [-0.15, -0.1) is 0 Å². The summed E-state index contributed by atoms with van der Waals surface area (Å²) in [6.07, 6.45) is 2.48. The van der Waals surface area contributed by atoms with E-state index in [2.05, 4.69) is 17.1 Å². The molecule has 0 radical (unpaired) electrons. The number of phenolic OH excluding ortho intramolecular Hbond substituents is 1. The van der Waals surface area contributed by atoms with Crippen molar-refractivity contribution in [3.05, 3.63) is 27.7 Å². The van der Waals surface area contributed by atoms with Gasteiger partial charge in [-0.25, -0.2) is 0 Å². The van der Waals surface area contributed by atoms with Crippen LogP contribution in [0.15, 0.2) is 12.1 Å². The fourth-order valence-electron chi connectivity index (χ4n) is 2.67. The number of aromatic hydroxyl groups is 1. The number of phenols is 1. The molecule has 2 rings (SSSR count). The maximum Gasteiger partial charge on any atom is 0.138 e. The first kappa shape index (κ1) is 15.9. The van der Waals surface area contributed by atoms with Gasteiger partial charge in [0.25, 0.3) is 0 Å². The Labute approximate surface area is 130 Å². The summed E-state index contributed by atoms with van der Waals surface area (Å²) in [5, 5.41) is 14.2. The average Bonchev–Trinajstić information content (AvgIpc) is 2.44. The van der Waals surface area contributed by atoms with Gasteiger partial charge in [0, 0.05) is 17.1 Å². The largest absolute Gasteiger partial charge is 0.506 e. The first-order chi connectivity index (χ1) is 9.60. The summed E-state index contributed by atoms with van der Waals surface area (Å²) >= 11 is 11.9. The molecular weight excluding hydrogens is 295 g/mol. The summed E-state index contributed by atoms with van der Waals surface area (Å²) in [5.41, 5.74) is 0.758. The number of likely N-dealkylation sites (tertiary alicyclic amines) is 1. The molecule has 1 saturated heterocycles. The maximum atomic E-state index is 9.89. The van der Waals surface area contributed by atoms with Crippen LogP contribution in [-0.4, -0.2) is 36.2 Å². The van der Waals surface area contributed by atoms with E-state index in [-0.39, 0.29) is 5.75 Å². The molecule has 1 aliphatic rings. The van der Waals surface area contributed by atoms with Crippen LogP contribution in [0.25, 0.3) is 0 Å². The number of nitrogens with zero attached hydrogens (tertiary/aromatic N) is 1. The van der Waals surface area contributed by atoms with Crippen LogP contribution >= 0.6 is 23.2 Å². The zero-order chi connectivity index (χ0) is 14.5. The normalized spacial score (nSPS) is 17.6. The van der Waals surface area contributed by atoms with E-state index in [1.807, 2.05) is 0 Å². The molecule has 1 fully saturated rings. The fourth-order valence-corrected chi connectivity index (χ4v) is 3.21. The molecule has 0 amide bonds. The van der Waals surface area contributed by atoms with Gasteiger partial charge in [-0.3, -0.25) is 0 Å². The molecule has 1 heterocycles. The van der Waals surface area contributed by atoms with Crippen LogP contribution < -0.4 is 5.32 Å².